The minimum Gasteiger partial charge on any atom is -0.351 e. The monoisotopic (exact) mass is 272 g/mol. The molecule has 1 heterocycles. The Balaban J connectivity index is 2.52. The second kappa shape index (κ2) is 7.82. The van der Waals surface area contributed by atoms with Crippen LogP contribution in [0.1, 0.15) is 34.1 Å². The molecule has 0 aromatic heterocycles. The molecular weight excluding hydrogens is 244 g/mol. The SMILES string of the molecule is CCOC(CNC(=O)C1(C(C)C)CCNC1)OCC. The van der Waals surface area contributed by atoms with Crippen LogP contribution >= 0.6 is 0 Å². The van der Waals surface area contributed by atoms with E-state index in [0.29, 0.717) is 25.7 Å². The first-order valence-electron chi connectivity index (χ1n) is 7.29. The highest BCUT2D eigenvalue weighted by Gasteiger charge is 2.43. The summed E-state index contributed by atoms with van der Waals surface area (Å²) in [6.45, 7) is 11.3. The molecule has 0 bridgehead atoms. The lowest BCUT2D eigenvalue weighted by Crippen LogP contribution is -2.48. The highest BCUT2D eigenvalue weighted by Crippen LogP contribution is 2.34. The summed E-state index contributed by atoms with van der Waals surface area (Å²) >= 11 is 0. The van der Waals surface area contributed by atoms with Gasteiger partial charge >= 0.3 is 0 Å². The van der Waals surface area contributed by atoms with Crippen molar-refractivity contribution in [2.45, 2.75) is 40.4 Å². The zero-order valence-corrected chi connectivity index (χ0v) is 12.6. The average molecular weight is 272 g/mol. The number of hydrogen-bond acceptors (Lipinski definition) is 4. The van der Waals surface area contributed by atoms with Crippen LogP contribution in [0.2, 0.25) is 0 Å². The van der Waals surface area contributed by atoms with Gasteiger partial charge in [0, 0.05) is 19.8 Å². The molecule has 1 atom stereocenters. The van der Waals surface area contributed by atoms with E-state index in [-0.39, 0.29) is 17.6 Å². The number of ether oxygens (including phenoxy) is 2. The van der Waals surface area contributed by atoms with Gasteiger partial charge in [0.05, 0.1) is 12.0 Å². The lowest BCUT2D eigenvalue weighted by molar-refractivity contribution is -0.146. The molecule has 0 aromatic rings. The third kappa shape index (κ3) is 4.16. The molecule has 1 amide bonds. The molecule has 5 nitrogen and oxygen atoms in total. The van der Waals surface area contributed by atoms with Crippen molar-refractivity contribution < 1.29 is 14.3 Å². The van der Waals surface area contributed by atoms with Gasteiger partial charge in [0.15, 0.2) is 6.29 Å². The van der Waals surface area contributed by atoms with E-state index in [2.05, 4.69) is 24.5 Å². The fourth-order valence-corrected chi connectivity index (χ4v) is 2.55. The van der Waals surface area contributed by atoms with Crippen LogP contribution < -0.4 is 10.6 Å². The summed E-state index contributed by atoms with van der Waals surface area (Å²) in [6.07, 6.45) is 0.544. The summed E-state index contributed by atoms with van der Waals surface area (Å²) < 4.78 is 10.9. The summed E-state index contributed by atoms with van der Waals surface area (Å²) in [7, 11) is 0. The van der Waals surface area contributed by atoms with Gasteiger partial charge in [-0.3, -0.25) is 4.79 Å². The molecule has 1 aliphatic heterocycles. The van der Waals surface area contributed by atoms with Gasteiger partial charge in [0.25, 0.3) is 0 Å². The molecule has 1 aliphatic rings. The van der Waals surface area contributed by atoms with Gasteiger partial charge in [-0.25, -0.2) is 0 Å². The summed E-state index contributed by atoms with van der Waals surface area (Å²) in [6, 6.07) is 0. The van der Waals surface area contributed by atoms with Crippen molar-refractivity contribution in [3.05, 3.63) is 0 Å². The van der Waals surface area contributed by atoms with Gasteiger partial charge in [-0.05, 0) is 32.7 Å². The highest BCUT2D eigenvalue weighted by atomic mass is 16.7. The van der Waals surface area contributed by atoms with E-state index in [4.69, 9.17) is 9.47 Å². The Bertz CT molecular complexity index is 270. The molecule has 1 unspecified atom stereocenters. The van der Waals surface area contributed by atoms with E-state index >= 15 is 0 Å². The normalized spacial score (nSPS) is 23.3. The Kier molecular flexibility index (Phi) is 6.75. The molecule has 1 fully saturated rings. The lowest BCUT2D eigenvalue weighted by atomic mass is 9.75. The summed E-state index contributed by atoms with van der Waals surface area (Å²) in [4.78, 5) is 12.5. The maximum atomic E-state index is 12.5. The van der Waals surface area contributed by atoms with Crippen LogP contribution in [-0.2, 0) is 14.3 Å². The largest absolute Gasteiger partial charge is 0.351 e. The first-order chi connectivity index (χ1) is 9.06. The van der Waals surface area contributed by atoms with E-state index in [1.54, 1.807) is 0 Å². The fourth-order valence-electron chi connectivity index (χ4n) is 2.55. The predicted molar refractivity (Wildman–Crippen MR) is 74.8 cm³/mol. The average Bonchev–Trinajstić information content (AvgIpc) is 2.86. The van der Waals surface area contributed by atoms with Crippen LogP contribution in [0.15, 0.2) is 0 Å². The van der Waals surface area contributed by atoms with Crippen molar-refractivity contribution in [1.82, 2.24) is 10.6 Å². The minimum atomic E-state index is -0.350. The first kappa shape index (κ1) is 16.4. The molecule has 2 N–H and O–H groups in total. The molecule has 112 valence electrons. The van der Waals surface area contributed by atoms with Crippen molar-refractivity contribution in [2.75, 3.05) is 32.8 Å². The fraction of sp³-hybridized carbons (Fsp3) is 0.929. The lowest BCUT2D eigenvalue weighted by Gasteiger charge is -2.31. The van der Waals surface area contributed by atoms with Crippen molar-refractivity contribution in [3.8, 4) is 0 Å². The molecule has 0 aliphatic carbocycles. The molecule has 0 radical (unpaired) electrons. The summed E-state index contributed by atoms with van der Waals surface area (Å²) in [5.41, 5.74) is -0.289. The van der Waals surface area contributed by atoms with Crippen molar-refractivity contribution in [2.24, 2.45) is 11.3 Å². The van der Waals surface area contributed by atoms with Crippen molar-refractivity contribution >= 4 is 5.91 Å². The van der Waals surface area contributed by atoms with Crippen LogP contribution in [-0.4, -0.2) is 45.0 Å². The van der Waals surface area contributed by atoms with Gasteiger partial charge in [-0.1, -0.05) is 13.8 Å². The van der Waals surface area contributed by atoms with Gasteiger partial charge in [0.2, 0.25) is 5.91 Å². The van der Waals surface area contributed by atoms with Crippen LogP contribution in [0.25, 0.3) is 0 Å². The van der Waals surface area contributed by atoms with Crippen LogP contribution in [0, 0.1) is 11.3 Å². The Morgan fingerprint density at radius 1 is 1.32 bits per heavy atom. The van der Waals surface area contributed by atoms with E-state index in [1.165, 1.54) is 0 Å². The van der Waals surface area contributed by atoms with Crippen LogP contribution in [0.4, 0.5) is 0 Å². The van der Waals surface area contributed by atoms with E-state index in [9.17, 15) is 4.79 Å². The zero-order chi connectivity index (χ0) is 14.3. The van der Waals surface area contributed by atoms with Crippen molar-refractivity contribution in [1.29, 1.82) is 0 Å². The quantitative estimate of drug-likeness (QED) is 0.651. The number of hydrogen-bond donors (Lipinski definition) is 2. The Morgan fingerprint density at radius 3 is 2.37 bits per heavy atom. The summed E-state index contributed by atoms with van der Waals surface area (Å²) in [5, 5.41) is 6.28. The number of amides is 1. The van der Waals surface area contributed by atoms with Gasteiger partial charge < -0.3 is 20.1 Å². The molecule has 1 rings (SSSR count). The molecule has 0 spiro atoms. The van der Waals surface area contributed by atoms with E-state index in [1.807, 2.05) is 13.8 Å². The van der Waals surface area contributed by atoms with Gasteiger partial charge in [-0.15, -0.1) is 0 Å². The number of carbonyl (C=O) groups is 1. The summed E-state index contributed by atoms with van der Waals surface area (Å²) in [5.74, 6) is 0.428. The maximum absolute atomic E-state index is 12.5. The molecule has 1 saturated heterocycles. The van der Waals surface area contributed by atoms with Crippen molar-refractivity contribution in [3.63, 3.8) is 0 Å². The zero-order valence-electron chi connectivity index (χ0n) is 12.6. The molecule has 0 saturated carbocycles. The Morgan fingerprint density at radius 2 is 1.95 bits per heavy atom. The third-order valence-electron chi connectivity index (χ3n) is 3.88. The number of carbonyl (C=O) groups excluding carboxylic acids is 1. The minimum absolute atomic E-state index is 0.108. The standard InChI is InChI=1S/C14H28N2O3/c1-5-18-12(19-6-2)9-16-13(17)14(11(3)4)7-8-15-10-14/h11-12,15H,5-10H2,1-4H3,(H,16,17). The molecule has 19 heavy (non-hydrogen) atoms. The predicted octanol–water partition coefficient (Wildman–Crippen LogP) is 1.14. The highest BCUT2D eigenvalue weighted by molar-refractivity contribution is 5.83. The smallest absolute Gasteiger partial charge is 0.227 e. The molecule has 5 heteroatoms. The molecule has 0 aromatic carbocycles. The van der Waals surface area contributed by atoms with Gasteiger partial charge in [0.1, 0.15) is 0 Å². The Hall–Kier alpha value is -0.650. The maximum Gasteiger partial charge on any atom is 0.227 e. The van der Waals surface area contributed by atoms with Crippen LogP contribution in [0.3, 0.4) is 0 Å². The second-order valence-corrected chi connectivity index (χ2v) is 5.29. The van der Waals surface area contributed by atoms with Gasteiger partial charge in [-0.2, -0.15) is 0 Å². The third-order valence-corrected chi connectivity index (χ3v) is 3.88. The topological polar surface area (TPSA) is 59.6 Å². The van der Waals surface area contributed by atoms with E-state index < -0.39 is 0 Å². The first-order valence-corrected chi connectivity index (χ1v) is 7.29. The van der Waals surface area contributed by atoms with Crippen LogP contribution in [0.5, 0.6) is 0 Å². The molecular formula is C14H28N2O3. The Labute approximate surface area is 116 Å². The second-order valence-electron chi connectivity index (χ2n) is 5.29. The van der Waals surface area contributed by atoms with E-state index in [0.717, 1.165) is 19.5 Å². The number of rotatable bonds is 8. The number of nitrogens with one attached hydrogen (secondary N) is 2.